The van der Waals surface area contributed by atoms with E-state index in [-0.39, 0.29) is 37.5 Å². The van der Waals surface area contributed by atoms with Gasteiger partial charge in [-0.25, -0.2) is 0 Å². The fourth-order valence-electron chi connectivity index (χ4n) is 9.24. The first-order chi connectivity index (χ1) is 36.5. The Kier molecular flexibility index (Phi) is 59.7. The summed E-state index contributed by atoms with van der Waals surface area (Å²) in [5.74, 6) is -0.969. The Morgan fingerprint density at radius 3 is 0.797 bits per heavy atom. The van der Waals surface area contributed by atoms with E-state index in [1.54, 1.807) is 0 Å². The lowest BCUT2D eigenvalue weighted by Gasteiger charge is -2.18. The number of carbonyl (C=O) groups excluding carboxylic acids is 3. The summed E-state index contributed by atoms with van der Waals surface area (Å²) in [4.78, 5) is 38.2. The number of hydrogen-bond donors (Lipinski definition) is 0. The zero-order valence-corrected chi connectivity index (χ0v) is 49.1. The molecule has 6 heteroatoms. The maximum Gasteiger partial charge on any atom is 0.306 e. The zero-order valence-electron chi connectivity index (χ0n) is 49.1. The minimum Gasteiger partial charge on any atom is -0.462 e. The van der Waals surface area contributed by atoms with Gasteiger partial charge in [-0.15, -0.1) is 0 Å². The van der Waals surface area contributed by atoms with Crippen LogP contribution in [0.5, 0.6) is 0 Å². The molecule has 0 heterocycles. The second kappa shape index (κ2) is 62.4. The first-order valence-corrected chi connectivity index (χ1v) is 31.9. The molecule has 0 aliphatic heterocycles. The molecular weight excluding hydrogens is 913 g/mol. The average molecular weight is 1030 g/mol. The summed E-state index contributed by atoms with van der Waals surface area (Å²) in [6.07, 6.45) is 80.7. The molecule has 0 aliphatic carbocycles. The van der Waals surface area contributed by atoms with Crippen LogP contribution in [0.4, 0.5) is 0 Å². The SMILES string of the molecule is CC/C=C\C/C=C\C/C=C\C/C=C\C/C=C\C/C=C\CCC(=O)OC(COC(=O)CCCCCCCCCCCCCCCC)COC(=O)CCCCCCCCCCCCCCCCCCCCCCCCC. The van der Waals surface area contributed by atoms with Gasteiger partial charge in [-0.05, 0) is 57.8 Å². The van der Waals surface area contributed by atoms with E-state index in [0.717, 1.165) is 77.0 Å². The lowest BCUT2D eigenvalue weighted by Crippen LogP contribution is -2.30. The van der Waals surface area contributed by atoms with Crippen molar-refractivity contribution in [2.24, 2.45) is 0 Å². The lowest BCUT2D eigenvalue weighted by atomic mass is 10.0. The van der Waals surface area contributed by atoms with E-state index in [4.69, 9.17) is 14.2 Å². The molecule has 0 aromatic rings. The molecule has 0 aliphatic rings. The van der Waals surface area contributed by atoms with Crippen molar-refractivity contribution in [2.75, 3.05) is 13.2 Å². The summed E-state index contributed by atoms with van der Waals surface area (Å²) < 4.78 is 16.9. The van der Waals surface area contributed by atoms with Gasteiger partial charge in [0.05, 0.1) is 0 Å². The summed E-state index contributed by atoms with van der Waals surface area (Å²) in [5.41, 5.74) is 0. The van der Waals surface area contributed by atoms with Crippen molar-refractivity contribution < 1.29 is 28.6 Å². The minimum absolute atomic E-state index is 0.101. The van der Waals surface area contributed by atoms with Crippen molar-refractivity contribution in [3.63, 3.8) is 0 Å². The predicted molar refractivity (Wildman–Crippen MR) is 321 cm³/mol. The molecule has 0 saturated carbocycles. The van der Waals surface area contributed by atoms with Crippen LogP contribution in [0.25, 0.3) is 0 Å². The molecule has 0 fully saturated rings. The molecule has 0 aromatic heterocycles. The smallest absolute Gasteiger partial charge is 0.306 e. The van der Waals surface area contributed by atoms with Crippen LogP contribution in [-0.4, -0.2) is 37.2 Å². The van der Waals surface area contributed by atoms with Gasteiger partial charge in [0.15, 0.2) is 6.10 Å². The van der Waals surface area contributed by atoms with Crippen LogP contribution in [0.2, 0.25) is 0 Å². The van der Waals surface area contributed by atoms with Gasteiger partial charge in [0.2, 0.25) is 0 Å². The molecule has 0 bridgehead atoms. The highest BCUT2D eigenvalue weighted by molar-refractivity contribution is 5.71. The fourth-order valence-corrected chi connectivity index (χ4v) is 9.24. The van der Waals surface area contributed by atoms with E-state index >= 15 is 0 Å². The maximum atomic E-state index is 12.9. The Labute approximate surface area is 459 Å². The average Bonchev–Trinajstić information content (AvgIpc) is 3.40. The van der Waals surface area contributed by atoms with E-state index in [1.165, 1.54) is 199 Å². The summed E-state index contributed by atoms with van der Waals surface area (Å²) in [7, 11) is 0. The number of hydrogen-bond acceptors (Lipinski definition) is 6. The Morgan fingerprint density at radius 2 is 0.527 bits per heavy atom. The summed E-state index contributed by atoms with van der Waals surface area (Å²) in [5, 5.41) is 0. The number of unbranched alkanes of at least 4 members (excludes halogenated alkanes) is 35. The summed E-state index contributed by atoms with van der Waals surface area (Å²) >= 11 is 0. The molecule has 1 unspecified atom stereocenters. The third-order valence-electron chi connectivity index (χ3n) is 14.0. The molecule has 6 nitrogen and oxygen atoms in total. The van der Waals surface area contributed by atoms with Gasteiger partial charge in [-0.3, -0.25) is 14.4 Å². The molecule has 0 spiro atoms. The summed E-state index contributed by atoms with van der Waals surface area (Å²) in [6.45, 7) is 6.51. The van der Waals surface area contributed by atoms with Gasteiger partial charge < -0.3 is 14.2 Å². The number of rotatable bonds is 58. The molecule has 0 radical (unpaired) electrons. The Bertz CT molecular complexity index is 1370. The van der Waals surface area contributed by atoms with Crippen LogP contribution in [0.1, 0.15) is 323 Å². The van der Waals surface area contributed by atoms with Crippen LogP contribution in [0, 0.1) is 0 Å². The highest BCUT2D eigenvalue weighted by Crippen LogP contribution is 2.17. The van der Waals surface area contributed by atoms with Crippen LogP contribution >= 0.6 is 0 Å². The minimum atomic E-state index is -0.814. The van der Waals surface area contributed by atoms with E-state index < -0.39 is 6.10 Å². The zero-order chi connectivity index (χ0) is 53.6. The fraction of sp³-hybridized carbons (Fsp3) is 0.779. The van der Waals surface area contributed by atoms with Crippen molar-refractivity contribution in [1.82, 2.24) is 0 Å². The van der Waals surface area contributed by atoms with Crippen molar-refractivity contribution in [3.05, 3.63) is 72.9 Å². The second-order valence-electron chi connectivity index (χ2n) is 21.3. The molecule has 0 N–H and O–H groups in total. The molecule has 0 amide bonds. The van der Waals surface area contributed by atoms with E-state index in [2.05, 4.69) is 87.6 Å². The number of ether oxygens (including phenoxy) is 3. The standard InChI is InChI=1S/C68H120O6/c1-4-7-10-13-16-19-22-25-28-30-32-33-34-35-37-38-40-43-46-49-52-55-58-61-67(70)73-64-65(63-72-66(69)60-57-54-51-48-45-42-27-24-21-18-15-12-9-6-3)74-68(71)62-59-56-53-50-47-44-41-39-36-31-29-26-23-20-17-14-11-8-5-2/h8,11,17,20,26,29,36,39,44,47,53,56,65H,4-7,9-10,12-16,18-19,21-25,27-28,30-35,37-38,40-43,45-46,48-52,54-55,57-64H2,1-3H3/b11-8-,20-17-,29-26-,39-36-,47-44-,56-53-. The Balaban J connectivity index is 4.38. The van der Waals surface area contributed by atoms with Crippen molar-refractivity contribution in [1.29, 1.82) is 0 Å². The lowest BCUT2D eigenvalue weighted by molar-refractivity contribution is -0.166. The van der Waals surface area contributed by atoms with Gasteiger partial charge in [-0.1, -0.05) is 318 Å². The van der Waals surface area contributed by atoms with Crippen molar-refractivity contribution in [3.8, 4) is 0 Å². The normalized spacial score (nSPS) is 12.5. The third kappa shape index (κ3) is 59.7. The van der Waals surface area contributed by atoms with Gasteiger partial charge in [-0.2, -0.15) is 0 Å². The van der Waals surface area contributed by atoms with Crippen molar-refractivity contribution in [2.45, 2.75) is 329 Å². The van der Waals surface area contributed by atoms with Gasteiger partial charge in [0.25, 0.3) is 0 Å². The predicted octanol–water partition coefficient (Wildman–Crippen LogP) is 21.7. The molecule has 428 valence electrons. The largest absolute Gasteiger partial charge is 0.462 e. The maximum absolute atomic E-state index is 12.9. The highest BCUT2D eigenvalue weighted by Gasteiger charge is 2.19. The number of esters is 3. The second-order valence-corrected chi connectivity index (χ2v) is 21.3. The van der Waals surface area contributed by atoms with Crippen molar-refractivity contribution >= 4 is 17.9 Å². The summed E-state index contributed by atoms with van der Waals surface area (Å²) in [6, 6.07) is 0. The molecule has 0 rings (SSSR count). The molecule has 0 saturated heterocycles. The highest BCUT2D eigenvalue weighted by atomic mass is 16.6. The topological polar surface area (TPSA) is 78.9 Å². The molecule has 74 heavy (non-hydrogen) atoms. The van der Waals surface area contributed by atoms with Crippen LogP contribution in [-0.2, 0) is 28.6 Å². The van der Waals surface area contributed by atoms with Crippen LogP contribution in [0.3, 0.4) is 0 Å². The quantitative estimate of drug-likeness (QED) is 0.0261. The van der Waals surface area contributed by atoms with Crippen LogP contribution in [0.15, 0.2) is 72.9 Å². The Hall–Kier alpha value is -3.15. The van der Waals surface area contributed by atoms with Gasteiger partial charge in [0, 0.05) is 19.3 Å². The van der Waals surface area contributed by atoms with Gasteiger partial charge >= 0.3 is 17.9 Å². The molecule has 0 aromatic carbocycles. The Morgan fingerprint density at radius 1 is 0.284 bits per heavy atom. The monoisotopic (exact) mass is 1030 g/mol. The van der Waals surface area contributed by atoms with Gasteiger partial charge in [0.1, 0.15) is 13.2 Å². The molecular formula is C68H120O6. The molecule has 1 atom stereocenters. The number of carbonyl (C=O) groups is 3. The number of allylic oxidation sites excluding steroid dienone is 12. The third-order valence-corrected chi connectivity index (χ3v) is 14.0. The van der Waals surface area contributed by atoms with E-state index in [9.17, 15) is 14.4 Å². The first kappa shape index (κ1) is 70.8. The van der Waals surface area contributed by atoms with E-state index in [1.807, 2.05) is 6.08 Å². The first-order valence-electron chi connectivity index (χ1n) is 31.9. The van der Waals surface area contributed by atoms with Crippen LogP contribution < -0.4 is 0 Å². The van der Waals surface area contributed by atoms with E-state index in [0.29, 0.717) is 19.3 Å².